The number of aromatic amines is 1. The molecule has 0 aliphatic carbocycles. The molecule has 5 rings (SSSR count). The predicted molar refractivity (Wildman–Crippen MR) is 114 cm³/mol. The molecule has 142 valence electrons. The SMILES string of the molecule is O=C1c2[nH]nc(-c3ccccc3)c2C(c2ccccc2)N1Cc1ccccc1Cl. The van der Waals surface area contributed by atoms with Gasteiger partial charge in [-0.15, -0.1) is 0 Å². The molecule has 0 radical (unpaired) electrons. The molecule has 1 aliphatic rings. The highest BCUT2D eigenvalue weighted by atomic mass is 35.5. The molecule has 4 aromatic rings. The fourth-order valence-corrected chi connectivity index (χ4v) is 4.16. The van der Waals surface area contributed by atoms with Crippen molar-refractivity contribution in [1.82, 2.24) is 15.1 Å². The number of carbonyl (C=O) groups excluding carboxylic acids is 1. The third-order valence-electron chi connectivity index (χ3n) is 5.32. The lowest BCUT2D eigenvalue weighted by atomic mass is 9.96. The standard InChI is InChI=1S/C24H18ClN3O/c25-19-14-8-7-13-18(19)15-28-23(17-11-5-2-6-12-17)20-21(16-9-3-1-4-10-16)26-27-22(20)24(28)29/h1-14,23H,15H2,(H,26,27). The number of hydrogen-bond acceptors (Lipinski definition) is 2. The molecule has 1 N–H and O–H groups in total. The minimum Gasteiger partial charge on any atom is -0.322 e. The number of benzene rings is 3. The van der Waals surface area contributed by atoms with Crippen molar-refractivity contribution in [2.45, 2.75) is 12.6 Å². The molecule has 0 fully saturated rings. The lowest BCUT2D eigenvalue weighted by Crippen LogP contribution is -2.29. The van der Waals surface area contributed by atoms with Gasteiger partial charge in [0.15, 0.2) is 0 Å². The summed E-state index contributed by atoms with van der Waals surface area (Å²) >= 11 is 6.40. The Kier molecular flexibility index (Phi) is 4.41. The van der Waals surface area contributed by atoms with E-state index < -0.39 is 0 Å². The maximum atomic E-state index is 13.4. The van der Waals surface area contributed by atoms with E-state index in [9.17, 15) is 4.79 Å². The van der Waals surface area contributed by atoms with Crippen LogP contribution >= 0.6 is 11.6 Å². The summed E-state index contributed by atoms with van der Waals surface area (Å²) in [5, 5.41) is 8.14. The Morgan fingerprint density at radius 3 is 2.28 bits per heavy atom. The summed E-state index contributed by atoms with van der Waals surface area (Å²) in [4.78, 5) is 15.2. The molecule has 0 bridgehead atoms. The van der Waals surface area contributed by atoms with Crippen molar-refractivity contribution < 1.29 is 4.79 Å². The van der Waals surface area contributed by atoms with E-state index >= 15 is 0 Å². The first-order valence-corrected chi connectivity index (χ1v) is 9.85. The number of nitrogens with zero attached hydrogens (tertiary/aromatic N) is 2. The molecule has 3 aromatic carbocycles. The number of aromatic nitrogens is 2. The number of H-pyrrole nitrogens is 1. The summed E-state index contributed by atoms with van der Waals surface area (Å²) in [7, 11) is 0. The molecule has 4 nitrogen and oxygen atoms in total. The molecule has 0 saturated heterocycles. The number of nitrogens with one attached hydrogen (secondary N) is 1. The van der Waals surface area contributed by atoms with Crippen LogP contribution in [0.15, 0.2) is 84.9 Å². The molecular formula is C24H18ClN3O. The quantitative estimate of drug-likeness (QED) is 0.494. The van der Waals surface area contributed by atoms with Crippen LogP contribution in [0, 0.1) is 0 Å². The first-order chi connectivity index (χ1) is 14.2. The number of halogens is 1. The smallest absolute Gasteiger partial charge is 0.273 e. The van der Waals surface area contributed by atoms with Crippen molar-refractivity contribution in [2.24, 2.45) is 0 Å². The molecule has 1 unspecified atom stereocenters. The third kappa shape index (κ3) is 3.02. The van der Waals surface area contributed by atoms with Crippen LogP contribution in [0.5, 0.6) is 0 Å². The minimum atomic E-state index is -0.232. The van der Waals surface area contributed by atoms with Crippen LogP contribution < -0.4 is 0 Å². The van der Waals surface area contributed by atoms with Gasteiger partial charge in [-0.1, -0.05) is 90.5 Å². The maximum Gasteiger partial charge on any atom is 0.273 e. The van der Waals surface area contributed by atoms with Crippen molar-refractivity contribution in [3.05, 3.63) is 112 Å². The van der Waals surface area contributed by atoms with Crippen LogP contribution in [0.3, 0.4) is 0 Å². The van der Waals surface area contributed by atoms with E-state index in [1.165, 1.54) is 0 Å². The molecule has 0 saturated carbocycles. The average molecular weight is 400 g/mol. The average Bonchev–Trinajstić information content (AvgIpc) is 3.30. The van der Waals surface area contributed by atoms with Crippen LogP contribution in [-0.4, -0.2) is 21.0 Å². The summed E-state index contributed by atoms with van der Waals surface area (Å²) in [6, 6.07) is 27.4. The van der Waals surface area contributed by atoms with Crippen LogP contribution in [-0.2, 0) is 6.54 Å². The highest BCUT2D eigenvalue weighted by molar-refractivity contribution is 6.31. The number of rotatable bonds is 4. The topological polar surface area (TPSA) is 49.0 Å². The number of carbonyl (C=O) groups is 1. The highest BCUT2D eigenvalue weighted by Gasteiger charge is 2.42. The van der Waals surface area contributed by atoms with Crippen molar-refractivity contribution in [3.8, 4) is 11.3 Å². The zero-order valence-corrected chi connectivity index (χ0v) is 16.3. The number of hydrogen-bond donors (Lipinski definition) is 1. The molecule has 1 aliphatic heterocycles. The maximum absolute atomic E-state index is 13.4. The van der Waals surface area contributed by atoms with Gasteiger partial charge in [-0.3, -0.25) is 9.89 Å². The van der Waals surface area contributed by atoms with Gasteiger partial charge >= 0.3 is 0 Å². The van der Waals surface area contributed by atoms with Crippen molar-refractivity contribution in [1.29, 1.82) is 0 Å². The summed E-state index contributed by atoms with van der Waals surface area (Å²) in [5.74, 6) is -0.0662. The second kappa shape index (κ2) is 7.22. The van der Waals surface area contributed by atoms with E-state index in [1.807, 2.05) is 77.7 Å². The largest absolute Gasteiger partial charge is 0.322 e. The number of fused-ring (bicyclic) bond motifs is 1. The summed E-state index contributed by atoms with van der Waals surface area (Å²) in [6.07, 6.45) is 0. The third-order valence-corrected chi connectivity index (χ3v) is 5.69. The van der Waals surface area contributed by atoms with Crippen molar-refractivity contribution in [3.63, 3.8) is 0 Å². The van der Waals surface area contributed by atoms with E-state index in [4.69, 9.17) is 11.6 Å². The predicted octanol–water partition coefficient (Wildman–Crippen LogP) is 5.48. The van der Waals surface area contributed by atoms with Gasteiger partial charge in [-0.05, 0) is 17.2 Å². The summed E-state index contributed by atoms with van der Waals surface area (Å²) in [5.41, 5.74) is 5.22. The second-order valence-electron chi connectivity index (χ2n) is 7.06. The van der Waals surface area contributed by atoms with E-state index in [2.05, 4.69) is 22.3 Å². The van der Waals surface area contributed by atoms with E-state index in [1.54, 1.807) is 0 Å². The van der Waals surface area contributed by atoms with Gasteiger partial charge in [-0.25, -0.2) is 0 Å². The van der Waals surface area contributed by atoms with Gasteiger partial charge < -0.3 is 4.90 Å². The van der Waals surface area contributed by atoms with E-state index in [0.717, 1.165) is 27.9 Å². The fraction of sp³-hybridized carbons (Fsp3) is 0.0833. The highest BCUT2D eigenvalue weighted by Crippen LogP contribution is 2.43. The van der Waals surface area contributed by atoms with Crippen molar-refractivity contribution in [2.75, 3.05) is 0 Å². The van der Waals surface area contributed by atoms with Crippen LogP contribution in [0.1, 0.15) is 33.2 Å². The van der Waals surface area contributed by atoms with Gasteiger partial charge in [0.25, 0.3) is 5.91 Å². The zero-order chi connectivity index (χ0) is 19.8. The molecule has 1 aromatic heterocycles. The Morgan fingerprint density at radius 2 is 1.55 bits per heavy atom. The lowest BCUT2D eigenvalue weighted by molar-refractivity contribution is 0.0730. The van der Waals surface area contributed by atoms with E-state index in [0.29, 0.717) is 17.3 Å². The Morgan fingerprint density at radius 1 is 0.897 bits per heavy atom. The molecular weight excluding hydrogens is 382 g/mol. The molecule has 29 heavy (non-hydrogen) atoms. The van der Waals surface area contributed by atoms with Gasteiger partial charge in [0, 0.05) is 22.7 Å². The lowest BCUT2D eigenvalue weighted by Gasteiger charge is -2.27. The second-order valence-corrected chi connectivity index (χ2v) is 7.47. The van der Waals surface area contributed by atoms with E-state index in [-0.39, 0.29) is 11.9 Å². The van der Waals surface area contributed by atoms with Gasteiger partial charge in [0.05, 0.1) is 11.7 Å². The number of amides is 1. The Bertz CT molecular complexity index is 1170. The molecule has 2 heterocycles. The minimum absolute atomic E-state index is 0.0662. The zero-order valence-electron chi connectivity index (χ0n) is 15.5. The van der Waals surface area contributed by atoms with Gasteiger partial charge in [-0.2, -0.15) is 5.10 Å². The monoisotopic (exact) mass is 399 g/mol. The van der Waals surface area contributed by atoms with Crippen LogP contribution in [0.2, 0.25) is 5.02 Å². The first kappa shape index (κ1) is 17.7. The molecule has 5 heteroatoms. The summed E-state index contributed by atoms with van der Waals surface area (Å²) < 4.78 is 0. The van der Waals surface area contributed by atoms with Gasteiger partial charge in [0.2, 0.25) is 0 Å². The summed E-state index contributed by atoms with van der Waals surface area (Å²) in [6.45, 7) is 0.425. The van der Waals surface area contributed by atoms with Gasteiger partial charge in [0.1, 0.15) is 5.69 Å². The Balaban J connectivity index is 1.65. The molecule has 1 atom stereocenters. The fourth-order valence-electron chi connectivity index (χ4n) is 3.97. The Hall–Kier alpha value is -3.37. The molecule has 1 amide bonds. The first-order valence-electron chi connectivity index (χ1n) is 9.47. The normalized spacial score (nSPS) is 15.6. The van der Waals surface area contributed by atoms with Crippen LogP contribution in [0.4, 0.5) is 0 Å². The van der Waals surface area contributed by atoms with Crippen molar-refractivity contribution >= 4 is 17.5 Å². The molecule has 0 spiro atoms. The van der Waals surface area contributed by atoms with Crippen LogP contribution in [0.25, 0.3) is 11.3 Å². The Labute approximate surface area is 173 Å².